The van der Waals surface area contributed by atoms with Crippen molar-refractivity contribution in [1.82, 2.24) is 0 Å². The smallest absolute Gasteiger partial charge is 0.0159 e. The van der Waals surface area contributed by atoms with E-state index in [0.29, 0.717) is 12.2 Å². The number of hydrogen-bond donors (Lipinski definition) is 0. The van der Waals surface area contributed by atoms with Gasteiger partial charge in [-0.15, -0.1) is 0 Å². The fourth-order valence-electron chi connectivity index (χ4n) is 0. The van der Waals surface area contributed by atoms with Gasteiger partial charge in [0.1, 0.15) is 0 Å². The van der Waals surface area contributed by atoms with E-state index in [1.165, 1.54) is 0 Å². The lowest BCUT2D eigenvalue weighted by molar-refractivity contribution is 0.568. The lowest BCUT2D eigenvalue weighted by Gasteiger charge is -1.32. The molecule has 0 unspecified atom stereocenters. The maximum Gasteiger partial charge on any atom is -0.0159 e. The van der Waals surface area contributed by atoms with Crippen molar-refractivity contribution in [3.05, 3.63) is 10.8 Å². The predicted octanol–water partition coefficient (Wildman–Crippen LogP) is 6.78. The minimum atomic E-state index is 0. The summed E-state index contributed by atoms with van der Waals surface area (Å²) in [5, 5.41) is 13.5. The molecule has 0 heterocycles. The summed E-state index contributed by atoms with van der Waals surface area (Å²) in [6.07, 6.45) is 1.00. The summed E-state index contributed by atoms with van der Waals surface area (Å²) in [5.74, 6) is 0. The lowest BCUT2D eigenvalue weighted by Crippen LogP contribution is -1.13. The van der Waals surface area contributed by atoms with E-state index in [4.69, 9.17) is 20.4 Å². The highest BCUT2D eigenvalue weighted by atomic mass is 16.1. The molecule has 0 saturated heterocycles. The Kier molecular flexibility index (Phi) is 128000. The highest BCUT2D eigenvalue weighted by Gasteiger charge is 0.794. The minimum Gasteiger partial charge on any atom is -0.724 e. The molecule has 0 fully saturated rings. The third-order valence-electron chi connectivity index (χ3n) is 0. The van der Waals surface area contributed by atoms with Crippen LogP contribution in [-0.4, -0.2) is 12.2 Å². The first-order valence-corrected chi connectivity index (χ1v) is 0.855. The molecular formula is C13H44N2O2-2. The van der Waals surface area contributed by atoms with Gasteiger partial charge in [0.2, 0.25) is 0 Å². The number of nitrogens with zero attached hydrogens (tertiary/aromatic N) is 2. The molecule has 0 aliphatic carbocycles. The molecule has 0 bridgehead atoms. The Hall–Kier alpha value is -1.24. The van der Waals surface area contributed by atoms with Crippen LogP contribution in [0.4, 0.5) is 0 Å². The van der Waals surface area contributed by atoms with Gasteiger partial charge >= 0.3 is 0 Å². The molecule has 0 atom stereocenters. The molecule has 0 aliphatic rings. The summed E-state index contributed by atoms with van der Waals surface area (Å²) < 4.78 is 0. The van der Waals surface area contributed by atoms with Crippen LogP contribution in [0.1, 0.15) is 81.7 Å². The summed E-state index contributed by atoms with van der Waals surface area (Å²) in [5.41, 5.74) is 0. The predicted molar refractivity (Wildman–Crippen MR) is 92.1 cm³/mol. The van der Waals surface area contributed by atoms with Crippen molar-refractivity contribution in [1.29, 1.82) is 0 Å². The molecule has 0 aromatic carbocycles. The van der Waals surface area contributed by atoms with E-state index in [-0.39, 0.29) is 81.7 Å². The van der Waals surface area contributed by atoms with Crippen molar-refractivity contribution in [3.63, 3.8) is 0 Å². The summed E-state index contributed by atoms with van der Waals surface area (Å²) in [7, 11) is 0. The molecule has 0 spiro atoms. The van der Waals surface area contributed by atoms with Crippen LogP contribution < -0.4 is 0 Å². The van der Waals surface area contributed by atoms with Gasteiger partial charge in [-0.05, 0) is 12.2 Å². The number of isocyanates is 2. The van der Waals surface area contributed by atoms with E-state index >= 15 is 0 Å². The topological polar surface area (TPSA) is 78.7 Å². The molecular weight excluding hydrogens is 216 g/mol. The first kappa shape index (κ1) is 451. The SMILES string of the molecule is C.C.C.C.C.C.C.C.C.C.C.[N-]=C=O.[N-]=C=O. The van der Waals surface area contributed by atoms with Gasteiger partial charge in [0.25, 0.3) is 0 Å². The van der Waals surface area contributed by atoms with Gasteiger partial charge in [-0.1, -0.05) is 81.7 Å². The fraction of sp³-hybridized carbons (Fsp3) is 0.846. The molecule has 4 heteroatoms. The molecule has 0 N–H and O–H groups in total. The average molecular weight is 261 g/mol. The summed E-state index contributed by atoms with van der Waals surface area (Å²) >= 11 is 0. The summed E-state index contributed by atoms with van der Waals surface area (Å²) in [4.78, 5) is 16.5. The molecule has 120 valence electrons. The van der Waals surface area contributed by atoms with E-state index in [1.807, 2.05) is 0 Å². The van der Waals surface area contributed by atoms with Crippen molar-refractivity contribution in [2.75, 3.05) is 0 Å². The third kappa shape index (κ3) is 1560. The Bertz CT molecular complexity index is 71.4. The second-order valence-electron chi connectivity index (χ2n) is 0.183. The molecule has 0 radical (unpaired) electrons. The van der Waals surface area contributed by atoms with E-state index < -0.39 is 0 Å². The van der Waals surface area contributed by atoms with Gasteiger partial charge in [-0.2, -0.15) is 0 Å². The Morgan fingerprint density at radius 3 is 0.412 bits per heavy atom. The summed E-state index contributed by atoms with van der Waals surface area (Å²) in [6, 6.07) is 0. The standard InChI is InChI=1S/2CNO.11CH4/c2*2-1-3;;;;;;;;;;;/h;;11*1H4/q2*-1;;;;;;;;;;;. The fourth-order valence-corrected chi connectivity index (χ4v) is 0. The minimum absolute atomic E-state index is 0. The molecule has 0 aliphatic heterocycles. The van der Waals surface area contributed by atoms with Crippen LogP contribution in [-0.2, 0) is 9.59 Å². The van der Waals surface area contributed by atoms with Crippen molar-refractivity contribution in [3.8, 4) is 0 Å². The number of hydrogen-bond acceptors (Lipinski definition) is 2. The second-order valence-corrected chi connectivity index (χ2v) is 0.183. The van der Waals surface area contributed by atoms with Gasteiger partial charge < -0.3 is 10.8 Å². The van der Waals surface area contributed by atoms with Crippen molar-refractivity contribution in [2.45, 2.75) is 81.7 Å². The third-order valence-corrected chi connectivity index (χ3v) is 0. The monoisotopic (exact) mass is 260 g/mol. The van der Waals surface area contributed by atoms with Gasteiger partial charge in [-0.3, -0.25) is 9.59 Å². The quantitative estimate of drug-likeness (QED) is 0.355. The van der Waals surface area contributed by atoms with Gasteiger partial charge in [0.05, 0.1) is 0 Å². The first-order chi connectivity index (χ1) is 2.83. The number of rotatable bonds is 0. The molecule has 0 saturated carbocycles. The molecule has 0 rings (SSSR count). The van der Waals surface area contributed by atoms with Crippen LogP contribution >= 0.6 is 0 Å². The van der Waals surface area contributed by atoms with Crippen LogP contribution in [0.2, 0.25) is 0 Å². The first-order valence-electron chi connectivity index (χ1n) is 0.855. The zero-order valence-electron chi connectivity index (χ0n) is 2.71. The maximum atomic E-state index is 8.24. The second kappa shape index (κ2) is 4840. The highest BCUT2D eigenvalue weighted by molar-refractivity contribution is 5.37. The number of carbonyl (C=O) groups excluding carboxylic acids is 2. The molecule has 0 aromatic rings. The van der Waals surface area contributed by atoms with Gasteiger partial charge in [0.15, 0.2) is 0 Å². The zero-order chi connectivity index (χ0) is 5.41. The van der Waals surface area contributed by atoms with Gasteiger partial charge in [0, 0.05) is 0 Å². The Labute approximate surface area is 115 Å². The largest absolute Gasteiger partial charge is 0.724 e. The van der Waals surface area contributed by atoms with Gasteiger partial charge in [-0.25, -0.2) is 0 Å². The van der Waals surface area contributed by atoms with Crippen LogP contribution in [0.25, 0.3) is 10.8 Å². The molecule has 17 heavy (non-hydrogen) atoms. The lowest BCUT2D eigenvalue weighted by atomic mass is 11.7. The Morgan fingerprint density at radius 2 is 0.412 bits per heavy atom. The normalized spacial score (nSPS) is 0.941. The van der Waals surface area contributed by atoms with Crippen molar-refractivity contribution in [2.24, 2.45) is 0 Å². The van der Waals surface area contributed by atoms with Crippen LogP contribution in [0.3, 0.4) is 0 Å². The molecule has 0 amide bonds. The van der Waals surface area contributed by atoms with Crippen LogP contribution in [0.15, 0.2) is 0 Å². The Balaban J connectivity index is -0.00000000104. The Morgan fingerprint density at radius 1 is 0.412 bits per heavy atom. The van der Waals surface area contributed by atoms with E-state index in [1.54, 1.807) is 0 Å². The molecule has 0 aromatic heterocycles. The van der Waals surface area contributed by atoms with Crippen molar-refractivity contribution >= 4 is 12.2 Å². The van der Waals surface area contributed by atoms with E-state index in [2.05, 4.69) is 0 Å². The highest BCUT2D eigenvalue weighted by Crippen LogP contribution is 0.952. The molecule has 4 nitrogen and oxygen atoms in total. The van der Waals surface area contributed by atoms with Crippen molar-refractivity contribution < 1.29 is 9.59 Å². The summed E-state index contributed by atoms with van der Waals surface area (Å²) in [6.45, 7) is 0. The van der Waals surface area contributed by atoms with Crippen LogP contribution in [0.5, 0.6) is 0 Å². The average Bonchev–Trinajstić information content (AvgIpc) is 1.39. The van der Waals surface area contributed by atoms with Crippen LogP contribution in [0, 0.1) is 0 Å². The van der Waals surface area contributed by atoms with E-state index in [0.717, 1.165) is 0 Å². The maximum absolute atomic E-state index is 8.24. The zero-order valence-corrected chi connectivity index (χ0v) is 2.71. The van der Waals surface area contributed by atoms with E-state index in [9.17, 15) is 0 Å².